The highest BCUT2D eigenvalue weighted by Gasteiger charge is 2.12. The lowest BCUT2D eigenvalue weighted by molar-refractivity contribution is 0.0425. The molecule has 2 aromatic rings. The molecule has 6 heteroatoms. The number of ether oxygens (including phenoxy) is 1. The minimum absolute atomic E-state index is 0.00907. The molecule has 0 aliphatic rings. The van der Waals surface area contributed by atoms with Crippen LogP contribution in [0.3, 0.4) is 0 Å². The maximum Gasteiger partial charge on any atom is 0.355 e. The third-order valence-electron chi connectivity index (χ3n) is 2.05. The lowest BCUT2D eigenvalue weighted by Crippen LogP contribution is -2.09. The summed E-state index contributed by atoms with van der Waals surface area (Å²) in [4.78, 5) is 11.6. The molecule has 0 aliphatic heterocycles. The minimum atomic E-state index is -0.414. The van der Waals surface area contributed by atoms with Crippen LogP contribution in [0.15, 0.2) is 22.7 Å². The topological polar surface area (TPSA) is 70.2 Å². The van der Waals surface area contributed by atoms with E-state index >= 15 is 0 Å². The van der Waals surface area contributed by atoms with E-state index in [2.05, 4.69) is 10.2 Å². The zero-order valence-corrected chi connectivity index (χ0v) is 9.01. The highest BCUT2D eigenvalue weighted by molar-refractivity contribution is 5.87. The van der Waals surface area contributed by atoms with Crippen LogP contribution in [0, 0.1) is 6.92 Å². The van der Waals surface area contributed by atoms with Crippen molar-refractivity contribution in [3.8, 4) is 0 Å². The van der Waals surface area contributed by atoms with E-state index < -0.39 is 5.97 Å². The summed E-state index contributed by atoms with van der Waals surface area (Å²) in [5.41, 5.74) is 0.483. The second-order valence-corrected chi connectivity index (χ2v) is 3.30. The van der Waals surface area contributed by atoms with Crippen molar-refractivity contribution < 1.29 is 13.9 Å². The molecule has 0 atom stereocenters. The molecule has 2 rings (SSSR count). The number of nitrogens with zero attached hydrogens (tertiary/aromatic N) is 3. The zero-order chi connectivity index (χ0) is 11.5. The first-order valence-electron chi connectivity index (χ1n) is 4.74. The molecule has 0 saturated carbocycles. The van der Waals surface area contributed by atoms with Gasteiger partial charge in [-0.05, 0) is 12.1 Å². The van der Waals surface area contributed by atoms with Crippen LogP contribution < -0.4 is 0 Å². The molecule has 6 nitrogen and oxygen atoms in total. The van der Waals surface area contributed by atoms with Crippen molar-refractivity contribution in [2.75, 3.05) is 0 Å². The Labute approximate surface area is 91.8 Å². The van der Waals surface area contributed by atoms with E-state index in [1.54, 1.807) is 36.9 Å². The van der Waals surface area contributed by atoms with E-state index in [4.69, 9.17) is 9.15 Å². The van der Waals surface area contributed by atoms with Crippen molar-refractivity contribution in [1.82, 2.24) is 14.8 Å². The van der Waals surface area contributed by atoms with Crippen LogP contribution in [0.1, 0.15) is 22.3 Å². The van der Waals surface area contributed by atoms with Crippen LogP contribution in [0.5, 0.6) is 0 Å². The van der Waals surface area contributed by atoms with Crippen molar-refractivity contribution in [2.45, 2.75) is 13.5 Å². The average Bonchev–Trinajstić information content (AvgIpc) is 2.84. The molecule has 0 aliphatic carbocycles. The van der Waals surface area contributed by atoms with E-state index in [1.807, 2.05) is 0 Å². The smallest absolute Gasteiger partial charge is 0.355 e. The second-order valence-electron chi connectivity index (χ2n) is 3.30. The van der Waals surface area contributed by atoms with E-state index in [1.165, 1.54) is 0 Å². The standard InChI is InChI=1S/C10H11N3O3/c1-7-11-12-9(16-7)6-15-10(14)8-4-3-5-13(8)2/h3-5H,6H2,1-2H3. The Hall–Kier alpha value is -2.11. The normalized spacial score (nSPS) is 10.4. The summed E-state index contributed by atoms with van der Waals surface area (Å²) in [6, 6.07) is 3.45. The Morgan fingerprint density at radius 1 is 1.56 bits per heavy atom. The monoisotopic (exact) mass is 221 g/mol. The Balaban J connectivity index is 1.96. The van der Waals surface area contributed by atoms with Gasteiger partial charge in [0.2, 0.25) is 5.89 Å². The van der Waals surface area contributed by atoms with Gasteiger partial charge in [0.1, 0.15) is 5.69 Å². The van der Waals surface area contributed by atoms with Gasteiger partial charge in [0, 0.05) is 20.2 Å². The van der Waals surface area contributed by atoms with Crippen molar-refractivity contribution >= 4 is 5.97 Å². The van der Waals surface area contributed by atoms with Gasteiger partial charge in [0.25, 0.3) is 5.89 Å². The van der Waals surface area contributed by atoms with Crippen LogP contribution in [0.2, 0.25) is 0 Å². The zero-order valence-electron chi connectivity index (χ0n) is 9.01. The fraction of sp³-hybridized carbons (Fsp3) is 0.300. The summed E-state index contributed by atoms with van der Waals surface area (Å²) in [5, 5.41) is 7.35. The quantitative estimate of drug-likeness (QED) is 0.725. The molecule has 2 aromatic heterocycles. The lowest BCUT2D eigenvalue weighted by Gasteiger charge is -2.02. The van der Waals surface area contributed by atoms with Crippen LogP contribution in [-0.4, -0.2) is 20.7 Å². The molecule has 0 saturated heterocycles. The number of carbonyl (C=O) groups is 1. The number of hydrogen-bond donors (Lipinski definition) is 0. The maximum absolute atomic E-state index is 11.6. The van der Waals surface area contributed by atoms with Gasteiger partial charge in [-0.3, -0.25) is 0 Å². The first-order valence-corrected chi connectivity index (χ1v) is 4.74. The van der Waals surface area contributed by atoms with Gasteiger partial charge in [0.15, 0.2) is 6.61 Å². The Bertz CT molecular complexity index is 501. The highest BCUT2D eigenvalue weighted by Crippen LogP contribution is 2.05. The number of hydrogen-bond acceptors (Lipinski definition) is 5. The van der Waals surface area contributed by atoms with Gasteiger partial charge in [-0.15, -0.1) is 10.2 Å². The van der Waals surface area contributed by atoms with Crippen molar-refractivity contribution in [3.63, 3.8) is 0 Å². The molecular weight excluding hydrogens is 210 g/mol. The summed E-state index contributed by atoms with van der Waals surface area (Å²) < 4.78 is 11.8. The molecule has 0 unspecified atom stereocenters. The molecule has 0 fully saturated rings. The Morgan fingerprint density at radius 3 is 2.94 bits per heavy atom. The third kappa shape index (κ3) is 2.10. The molecule has 0 radical (unpaired) electrons. The van der Waals surface area contributed by atoms with Crippen LogP contribution in [0.25, 0.3) is 0 Å². The molecule has 0 bridgehead atoms. The van der Waals surface area contributed by atoms with E-state index in [9.17, 15) is 4.79 Å². The Morgan fingerprint density at radius 2 is 2.38 bits per heavy atom. The van der Waals surface area contributed by atoms with E-state index in [0.29, 0.717) is 17.5 Å². The summed E-state index contributed by atoms with van der Waals surface area (Å²) in [5.74, 6) is 0.327. The number of rotatable bonds is 3. The van der Waals surface area contributed by atoms with E-state index in [-0.39, 0.29) is 6.61 Å². The fourth-order valence-electron chi connectivity index (χ4n) is 1.27. The lowest BCUT2D eigenvalue weighted by atomic mass is 10.4. The second kappa shape index (κ2) is 4.18. The summed E-state index contributed by atoms with van der Waals surface area (Å²) in [7, 11) is 1.77. The third-order valence-corrected chi connectivity index (χ3v) is 2.05. The number of aryl methyl sites for hydroxylation is 2. The predicted molar refractivity (Wildman–Crippen MR) is 53.6 cm³/mol. The number of esters is 1. The van der Waals surface area contributed by atoms with E-state index in [0.717, 1.165) is 0 Å². The first-order chi connectivity index (χ1) is 7.66. The summed E-state index contributed by atoms with van der Waals surface area (Å²) >= 11 is 0. The molecule has 0 spiro atoms. The van der Waals surface area contributed by atoms with Crippen LogP contribution in [0.4, 0.5) is 0 Å². The number of aromatic nitrogens is 3. The molecule has 84 valence electrons. The van der Waals surface area contributed by atoms with Crippen LogP contribution >= 0.6 is 0 Å². The largest absolute Gasteiger partial charge is 0.451 e. The SMILES string of the molecule is Cc1nnc(COC(=O)c2cccn2C)o1. The summed E-state index contributed by atoms with van der Waals surface area (Å²) in [6.07, 6.45) is 1.77. The number of carbonyl (C=O) groups excluding carboxylic acids is 1. The molecule has 16 heavy (non-hydrogen) atoms. The van der Waals surface area contributed by atoms with Crippen molar-refractivity contribution in [3.05, 3.63) is 35.8 Å². The summed E-state index contributed by atoms with van der Waals surface area (Å²) in [6.45, 7) is 1.67. The first kappa shape index (κ1) is 10.4. The minimum Gasteiger partial charge on any atom is -0.451 e. The van der Waals surface area contributed by atoms with Gasteiger partial charge in [-0.2, -0.15) is 0 Å². The molecule has 0 N–H and O–H groups in total. The van der Waals surface area contributed by atoms with Gasteiger partial charge in [0.05, 0.1) is 0 Å². The van der Waals surface area contributed by atoms with Crippen molar-refractivity contribution in [2.24, 2.45) is 7.05 Å². The predicted octanol–water partition coefficient (Wildman–Crippen LogP) is 1.07. The van der Waals surface area contributed by atoms with Gasteiger partial charge in [-0.25, -0.2) is 4.79 Å². The fourth-order valence-corrected chi connectivity index (χ4v) is 1.27. The van der Waals surface area contributed by atoms with Gasteiger partial charge >= 0.3 is 5.97 Å². The Kier molecular flexibility index (Phi) is 2.72. The average molecular weight is 221 g/mol. The van der Waals surface area contributed by atoms with Crippen molar-refractivity contribution in [1.29, 1.82) is 0 Å². The van der Waals surface area contributed by atoms with Crippen LogP contribution in [-0.2, 0) is 18.4 Å². The highest BCUT2D eigenvalue weighted by atomic mass is 16.5. The molecule has 2 heterocycles. The maximum atomic E-state index is 11.6. The molecule has 0 amide bonds. The molecular formula is C10H11N3O3. The van der Waals surface area contributed by atoms with Gasteiger partial charge in [-0.1, -0.05) is 0 Å². The molecule has 0 aromatic carbocycles. The van der Waals surface area contributed by atoms with Gasteiger partial charge < -0.3 is 13.7 Å².